The van der Waals surface area contributed by atoms with Crippen LogP contribution in [-0.4, -0.2) is 85.2 Å². The molecule has 0 spiro atoms. The second kappa shape index (κ2) is 14.1. The van der Waals surface area contributed by atoms with Gasteiger partial charge in [-0.05, 0) is 51.6 Å². The lowest BCUT2D eigenvalue weighted by Gasteiger charge is -2.24. The van der Waals surface area contributed by atoms with Crippen LogP contribution in [0.25, 0.3) is 0 Å². The van der Waals surface area contributed by atoms with Gasteiger partial charge in [0, 0.05) is 32.2 Å². The normalized spacial score (nSPS) is 17.6. The first kappa shape index (κ1) is 25.2. The quantitative estimate of drug-likeness (QED) is 0.279. The molecule has 0 amide bonds. The van der Waals surface area contributed by atoms with E-state index in [0.29, 0.717) is 12.5 Å². The summed E-state index contributed by atoms with van der Waals surface area (Å²) < 4.78 is 22.0. The fourth-order valence-corrected chi connectivity index (χ4v) is 3.49. The molecule has 8 heteroatoms. The molecule has 0 radical (unpaired) electrons. The first-order valence-corrected chi connectivity index (χ1v) is 11.1. The number of methoxy groups -OCH3 is 2. The van der Waals surface area contributed by atoms with Gasteiger partial charge in [-0.3, -0.25) is 4.99 Å². The van der Waals surface area contributed by atoms with Crippen LogP contribution in [0.3, 0.4) is 0 Å². The van der Waals surface area contributed by atoms with E-state index < -0.39 is 0 Å². The molecular weight excluding hydrogens is 396 g/mol. The van der Waals surface area contributed by atoms with Gasteiger partial charge in [0.2, 0.25) is 0 Å². The Labute approximate surface area is 187 Å². The van der Waals surface area contributed by atoms with E-state index in [9.17, 15) is 0 Å². The first-order valence-electron chi connectivity index (χ1n) is 11.1. The number of rotatable bonds is 13. The monoisotopic (exact) mass is 436 g/mol. The van der Waals surface area contributed by atoms with E-state index in [1.165, 1.54) is 0 Å². The summed E-state index contributed by atoms with van der Waals surface area (Å²) in [6, 6.07) is 6.14. The van der Waals surface area contributed by atoms with Crippen molar-refractivity contribution in [3.05, 3.63) is 23.8 Å². The number of hydrogen-bond donors (Lipinski definition) is 2. The van der Waals surface area contributed by atoms with Gasteiger partial charge in [-0.2, -0.15) is 0 Å². The molecule has 1 aromatic carbocycles. The van der Waals surface area contributed by atoms with Crippen molar-refractivity contribution in [2.75, 3.05) is 74.4 Å². The van der Waals surface area contributed by atoms with Crippen molar-refractivity contribution in [1.82, 2.24) is 15.5 Å². The standard InChI is InChI=1S/C23H40N4O4/c1-6-24-23(25-11-7-12-30-16-18-10-13-31-17-18)26-15-20(27(2)3)19-8-9-21(28-4)22(14-19)29-5/h8-9,14,18,20H,6-7,10-13,15-17H2,1-5H3,(H2,24,25,26). The molecule has 176 valence electrons. The third-order valence-corrected chi connectivity index (χ3v) is 5.32. The molecule has 1 saturated heterocycles. The Hall–Kier alpha value is -2.03. The minimum Gasteiger partial charge on any atom is -0.493 e. The average Bonchev–Trinajstić information content (AvgIpc) is 3.29. The minimum absolute atomic E-state index is 0.118. The lowest BCUT2D eigenvalue weighted by molar-refractivity contribution is 0.0888. The number of benzene rings is 1. The van der Waals surface area contributed by atoms with Crippen LogP contribution in [0.1, 0.15) is 31.4 Å². The Bertz CT molecular complexity index is 663. The molecule has 0 bridgehead atoms. The van der Waals surface area contributed by atoms with E-state index in [4.69, 9.17) is 23.9 Å². The van der Waals surface area contributed by atoms with Crippen molar-refractivity contribution in [2.45, 2.75) is 25.8 Å². The maximum atomic E-state index is 5.78. The molecule has 1 aromatic rings. The largest absolute Gasteiger partial charge is 0.493 e. The second-order valence-corrected chi connectivity index (χ2v) is 7.90. The highest BCUT2D eigenvalue weighted by molar-refractivity contribution is 5.79. The number of aliphatic imine (C=N–C) groups is 1. The van der Waals surface area contributed by atoms with Crippen LogP contribution < -0.4 is 20.1 Å². The van der Waals surface area contributed by atoms with Crippen LogP contribution in [0.15, 0.2) is 23.2 Å². The van der Waals surface area contributed by atoms with Gasteiger partial charge >= 0.3 is 0 Å². The lowest BCUT2D eigenvalue weighted by Crippen LogP contribution is -2.38. The third-order valence-electron chi connectivity index (χ3n) is 5.32. The fourth-order valence-electron chi connectivity index (χ4n) is 3.49. The van der Waals surface area contributed by atoms with Gasteiger partial charge in [0.15, 0.2) is 17.5 Å². The number of nitrogens with one attached hydrogen (secondary N) is 2. The first-order chi connectivity index (χ1) is 15.1. The van der Waals surface area contributed by atoms with Gasteiger partial charge in [0.05, 0.1) is 40.0 Å². The molecule has 1 heterocycles. The van der Waals surface area contributed by atoms with Crippen molar-refractivity contribution in [3.63, 3.8) is 0 Å². The van der Waals surface area contributed by atoms with Crippen molar-refractivity contribution in [3.8, 4) is 11.5 Å². The Kier molecular flexibility index (Phi) is 11.5. The molecule has 1 aliphatic heterocycles. The summed E-state index contributed by atoms with van der Waals surface area (Å²) in [5.41, 5.74) is 1.13. The molecule has 0 saturated carbocycles. The second-order valence-electron chi connectivity index (χ2n) is 7.90. The highest BCUT2D eigenvalue weighted by atomic mass is 16.5. The maximum Gasteiger partial charge on any atom is 0.191 e. The number of nitrogens with zero attached hydrogens (tertiary/aromatic N) is 2. The van der Waals surface area contributed by atoms with Crippen molar-refractivity contribution < 1.29 is 18.9 Å². The molecule has 1 aliphatic rings. The van der Waals surface area contributed by atoms with Crippen molar-refractivity contribution in [1.29, 1.82) is 0 Å². The van der Waals surface area contributed by atoms with Gasteiger partial charge < -0.3 is 34.5 Å². The van der Waals surface area contributed by atoms with Crippen LogP contribution in [0.2, 0.25) is 0 Å². The Morgan fingerprint density at radius 1 is 1.23 bits per heavy atom. The van der Waals surface area contributed by atoms with E-state index in [-0.39, 0.29) is 6.04 Å². The molecule has 8 nitrogen and oxygen atoms in total. The van der Waals surface area contributed by atoms with Crippen LogP contribution in [0.5, 0.6) is 11.5 Å². The highest BCUT2D eigenvalue weighted by Gasteiger charge is 2.17. The summed E-state index contributed by atoms with van der Waals surface area (Å²) in [4.78, 5) is 6.98. The minimum atomic E-state index is 0.118. The zero-order chi connectivity index (χ0) is 22.5. The number of likely N-dealkylation sites (N-methyl/N-ethyl adjacent to an activating group) is 1. The number of guanidine groups is 1. The summed E-state index contributed by atoms with van der Waals surface area (Å²) in [5, 5.41) is 6.73. The molecular formula is C23H40N4O4. The van der Waals surface area contributed by atoms with Crippen molar-refractivity contribution >= 4 is 5.96 Å². The summed E-state index contributed by atoms with van der Waals surface area (Å²) in [7, 11) is 7.42. The van der Waals surface area contributed by atoms with Crippen LogP contribution in [0, 0.1) is 5.92 Å². The molecule has 2 unspecified atom stereocenters. The summed E-state index contributed by atoms with van der Waals surface area (Å²) in [6.07, 6.45) is 2.05. The van der Waals surface area contributed by atoms with E-state index in [0.717, 1.165) is 75.4 Å². The topological polar surface area (TPSA) is 76.6 Å². The Morgan fingerprint density at radius 2 is 2.03 bits per heavy atom. The van der Waals surface area contributed by atoms with Crippen LogP contribution >= 0.6 is 0 Å². The molecule has 2 rings (SSSR count). The van der Waals surface area contributed by atoms with E-state index in [2.05, 4.69) is 42.6 Å². The Balaban J connectivity index is 1.87. The van der Waals surface area contributed by atoms with E-state index >= 15 is 0 Å². The predicted molar refractivity (Wildman–Crippen MR) is 124 cm³/mol. The van der Waals surface area contributed by atoms with Gasteiger partial charge in [0.25, 0.3) is 0 Å². The zero-order valence-electron chi connectivity index (χ0n) is 19.8. The van der Waals surface area contributed by atoms with Crippen molar-refractivity contribution in [2.24, 2.45) is 10.9 Å². The number of hydrogen-bond acceptors (Lipinski definition) is 6. The number of ether oxygens (including phenoxy) is 4. The Morgan fingerprint density at radius 3 is 2.68 bits per heavy atom. The molecule has 2 atom stereocenters. The predicted octanol–water partition coefficient (Wildman–Crippen LogP) is 2.30. The summed E-state index contributed by atoms with van der Waals surface area (Å²) in [6.45, 7) is 7.57. The van der Waals surface area contributed by atoms with Gasteiger partial charge in [-0.1, -0.05) is 6.07 Å². The molecule has 31 heavy (non-hydrogen) atoms. The van der Waals surface area contributed by atoms with Gasteiger partial charge in [0.1, 0.15) is 0 Å². The fraction of sp³-hybridized carbons (Fsp3) is 0.696. The summed E-state index contributed by atoms with van der Waals surface area (Å²) in [5.74, 6) is 2.83. The lowest BCUT2D eigenvalue weighted by atomic mass is 10.1. The molecule has 1 fully saturated rings. The zero-order valence-corrected chi connectivity index (χ0v) is 19.8. The van der Waals surface area contributed by atoms with Crippen LogP contribution in [0.4, 0.5) is 0 Å². The summed E-state index contributed by atoms with van der Waals surface area (Å²) >= 11 is 0. The average molecular weight is 437 g/mol. The highest BCUT2D eigenvalue weighted by Crippen LogP contribution is 2.31. The van der Waals surface area contributed by atoms with E-state index in [1.54, 1.807) is 14.2 Å². The SMILES string of the molecule is CCNC(=NCC(c1ccc(OC)c(OC)c1)N(C)C)NCCCOCC1CCOC1. The van der Waals surface area contributed by atoms with Crippen LogP contribution in [-0.2, 0) is 9.47 Å². The molecule has 2 N–H and O–H groups in total. The van der Waals surface area contributed by atoms with Gasteiger partial charge in [-0.25, -0.2) is 0 Å². The smallest absolute Gasteiger partial charge is 0.191 e. The molecule has 0 aliphatic carbocycles. The van der Waals surface area contributed by atoms with E-state index in [1.807, 2.05) is 12.1 Å². The molecule has 0 aromatic heterocycles. The van der Waals surface area contributed by atoms with Gasteiger partial charge in [-0.15, -0.1) is 0 Å². The maximum absolute atomic E-state index is 5.78. The third kappa shape index (κ3) is 8.55.